The molecule has 6 heteroatoms. The summed E-state index contributed by atoms with van der Waals surface area (Å²) in [7, 11) is 0. The number of hydrogen-bond donors (Lipinski definition) is 2. The molecular weight excluding hydrogens is 264 g/mol. The molecule has 19 heavy (non-hydrogen) atoms. The lowest BCUT2D eigenvalue weighted by molar-refractivity contribution is 0.0226. The highest BCUT2D eigenvalue weighted by molar-refractivity contribution is 7.11. The number of aliphatic hydroxyl groups is 1. The van der Waals surface area contributed by atoms with Crippen molar-refractivity contribution >= 4 is 11.3 Å². The molecule has 0 aliphatic heterocycles. The van der Waals surface area contributed by atoms with Crippen LogP contribution in [0.4, 0.5) is 0 Å². The van der Waals surface area contributed by atoms with E-state index in [1.165, 1.54) is 4.88 Å². The summed E-state index contributed by atoms with van der Waals surface area (Å²) in [5.74, 6) is 0.764. The molecule has 104 valence electrons. The minimum Gasteiger partial charge on any atom is -0.467 e. The van der Waals surface area contributed by atoms with Gasteiger partial charge in [0.25, 0.3) is 0 Å². The van der Waals surface area contributed by atoms with Gasteiger partial charge in [-0.2, -0.15) is 0 Å². The molecule has 0 radical (unpaired) electrons. The molecule has 0 amide bonds. The number of furan rings is 1. The number of aryl methyl sites for hydroxylation is 1. The van der Waals surface area contributed by atoms with Crippen molar-refractivity contribution in [1.82, 2.24) is 10.3 Å². The molecule has 0 saturated carbocycles. The van der Waals surface area contributed by atoms with E-state index < -0.39 is 6.10 Å². The summed E-state index contributed by atoms with van der Waals surface area (Å²) in [5, 5.41) is 14.0. The van der Waals surface area contributed by atoms with Crippen molar-refractivity contribution in [3.63, 3.8) is 0 Å². The second kappa shape index (κ2) is 7.40. The first-order valence-corrected chi connectivity index (χ1v) is 6.96. The third kappa shape index (κ3) is 5.12. The number of nitrogens with one attached hydrogen (secondary N) is 1. The van der Waals surface area contributed by atoms with Gasteiger partial charge in [0.1, 0.15) is 12.4 Å². The average molecular weight is 282 g/mol. The highest BCUT2D eigenvalue weighted by atomic mass is 32.1. The monoisotopic (exact) mass is 282 g/mol. The molecule has 2 aromatic rings. The fourth-order valence-corrected chi connectivity index (χ4v) is 2.36. The minimum absolute atomic E-state index is 0.287. The van der Waals surface area contributed by atoms with Crippen LogP contribution < -0.4 is 5.32 Å². The van der Waals surface area contributed by atoms with Gasteiger partial charge in [-0.25, -0.2) is 4.98 Å². The Bertz CT molecular complexity index is 470. The van der Waals surface area contributed by atoms with Gasteiger partial charge in [-0.15, -0.1) is 11.3 Å². The Morgan fingerprint density at radius 2 is 2.47 bits per heavy atom. The van der Waals surface area contributed by atoms with Crippen LogP contribution in [-0.4, -0.2) is 29.3 Å². The summed E-state index contributed by atoms with van der Waals surface area (Å²) in [6.45, 7) is 3.87. The third-order valence-corrected chi connectivity index (χ3v) is 3.40. The molecule has 0 aromatic carbocycles. The van der Waals surface area contributed by atoms with Crippen molar-refractivity contribution in [2.75, 3.05) is 13.2 Å². The van der Waals surface area contributed by atoms with Crippen molar-refractivity contribution in [3.8, 4) is 0 Å². The molecule has 2 rings (SSSR count). The minimum atomic E-state index is -0.524. The van der Waals surface area contributed by atoms with Crippen LogP contribution in [-0.2, 0) is 17.9 Å². The van der Waals surface area contributed by atoms with E-state index in [2.05, 4.69) is 10.3 Å². The molecule has 1 atom stereocenters. The quantitative estimate of drug-likeness (QED) is 0.771. The molecule has 0 aliphatic rings. The normalized spacial score (nSPS) is 12.7. The summed E-state index contributed by atoms with van der Waals surface area (Å²) in [4.78, 5) is 5.34. The second-order valence-corrected chi connectivity index (χ2v) is 5.54. The molecular formula is C13H18N2O3S. The van der Waals surface area contributed by atoms with E-state index in [-0.39, 0.29) is 6.61 Å². The van der Waals surface area contributed by atoms with Crippen molar-refractivity contribution in [3.05, 3.63) is 40.2 Å². The Balaban J connectivity index is 1.55. The van der Waals surface area contributed by atoms with Crippen LogP contribution in [0.5, 0.6) is 0 Å². The second-order valence-electron chi connectivity index (χ2n) is 4.22. The topological polar surface area (TPSA) is 67.5 Å². The van der Waals surface area contributed by atoms with Gasteiger partial charge in [0.2, 0.25) is 0 Å². The maximum atomic E-state index is 9.73. The SMILES string of the molecule is Cc1ncc(CNCC(O)COCc2ccco2)s1. The van der Waals surface area contributed by atoms with Crippen LogP contribution in [0.3, 0.4) is 0 Å². The van der Waals surface area contributed by atoms with Crippen LogP contribution in [0.25, 0.3) is 0 Å². The molecule has 0 fully saturated rings. The third-order valence-electron chi connectivity index (χ3n) is 2.48. The number of ether oxygens (including phenoxy) is 1. The van der Waals surface area contributed by atoms with Gasteiger partial charge in [0.05, 0.1) is 24.0 Å². The van der Waals surface area contributed by atoms with Gasteiger partial charge in [-0.05, 0) is 19.1 Å². The van der Waals surface area contributed by atoms with Gasteiger partial charge in [-0.3, -0.25) is 0 Å². The predicted molar refractivity (Wildman–Crippen MR) is 72.9 cm³/mol. The van der Waals surface area contributed by atoms with Crippen molar-refractivity contribution in [2.45, 2.75) is 26.2 Å². The number of aliphatic hydroxyl groups excluding tert-OH is 1. The highest BCUT2D eigenvalue weighted by Gasteiger charge is 2.05. The predicted octanol–water partition coefficient (Wildman–Crippen LogP) is 1.71. The van der Waals surface area contributed by atoms with Gasteiger partial charge in [0.15, 0.2) is 0 Å². The Labute approximate surface area is 116 Å². The molecule has 2 aromatic heterocycles. The summed E-state index contributed by atoms with van der Waals surface area (Å²) in [5.41, 5.74) is 0. The van der Waals surface area contributed by atoms with Crippen molar-refractivity contribution in [1.29, 1.82) is 0 Å². The van der Waals surface area contributed by atoms with Crippen LogP contribution in [0, 0.1) is 6.92 Å². The van der Waals surface area contributed by atoms with Crippen molar-refractivity contribution in [2.24, 2.45) is 0 Å². The van der Waals surface area contributed by atoms with E-state index in [1.807, 2.05) is 25.3 Å². The number of aromatic nitrogens is 1. The smallest absolute Gasteiger partial charge is 0.129 e. The van der Waals surface area contributed by atoms with Crippen molar-refractivity contribution < 1.29 is 14.3 Å². The molecule has 5 nitrogen and oxygen atoms in total. The van der Waals surface area contributed by atoms with Gasteiger partial charge in [-0.1, -0.05) is 0 Å². The lowest BCUT2D eigenvalue weighted by Crippen LogP contribution is -2.29. The number of hydrogen-bond acceptors (Lipinski definition) is 6. The lowest BCUT2D eigenvalue weighted by Gasteiger charge is -2.11. The summed E-state index contributed by atoms with van der Waals surface area (Å²) < 4.78 is 10.5. The molecule has 2 N–H and O–H groups in total. The summed E-state index contributed by atoms with van der Waals surface area (Å²) in [6, 6.07) is 3.66. The zero-order valence-electron chi connectivity index (χ0n) is 10.8. The molecule has 2 heterocycles. The first kappa shape index (κ1) is 14.2. The van der Waals surface area contributed by atoms with E-state index in [1.54, 1.807) is 17.6 Å². The Morgan fingerprint density at radius 1 is 1.58 bits per heavy atom. The number of thiazole rings is 1. The van der Waals surface area contributed by atoms with Gasteiger partial charge in [0, 0.05) is 24.2 Å². The first-order chi connectivity index (χ1) is 9.24. The zero-order chi connectivity index (χ0) is 13.5. The van der Waals surface area contributed by atoms with E-state index >= 15 is 0 Å². The van der Waals surface area contributed by atoms with E-state index in [0.29, 0.717) is 13.2 Å². The lowest BCUT2D eigenvalue weighted by atomic mass is 10.3. The number of nitrogens with zero attached hydrogens (tertiary/aromatic N) is 1. The Morgan fingerprint density at radius 3 is 3.16 bits per heavy atom. The van der Waals surface area contributed by atoms with E-state index in [4.69, 9.17) is 9.15 Å². The Kier molecular flexibility index (Phi) is 5.53. The van der Waals surface area contributed by atoms with Crippen LogP contribution in [0.2, 0.25) is 0 Å². The average Bonchev–Trinajstić information content (AvgIpc) is 3.01. The van der Waals surface area contributed by atoms with Crippen LogP contribution in [0.15, 0.2) is 29.0 Å². The molecule has 0 aliphatic carbocycles. The maximum Gasteiger partial charge on any atom is 0.129 e. The highest BCUT2D eigenvalue weighted by Crippen LogP contribution is 2.10. The van der Waals surface area contributed by atoms with Gasteiger partial charge < -0.3 is 19.6 Å². The molecule has 0 saturated heterocycles. The largest absolute Gasteiger partial charge is 0.467 e. The summed E-state index contributed by atoms with van der Waals surface area (Å²) >= 11 is 1.66. The van der Waals surface area contributed by atoms with Gasteiger partial charge >= 0.3 is 0 Å². The summed E-state index contributed by atoms with van der Waals surface area (Å²) in [6.07, 6.45) is 2.93. The van der Waals surface area contributed by atoms with Crippen LogP contribution in [0.1, 0.15) is 15.6 Å². The number of rotatable bonds is 8. The molecule has 0 spiro atoms. The zero-order valence-corrected chi connectivity index (χ0v) is 11.7. The Hall–Kier alpha value is -1.21. The van der Waals surface area contributed by atoms with E-state index in [9.17, 15) is 5.11 Å². The fourth-order valence-electron chi connectivity index (χ4n) is 1.60. The molecule has 0 bridgehead atoms. The standard InChI is InChI=1S/C13H18N2O3S/c1-10-15-7-13(19-10)6-14-5-11(16)8-17-9-12-3-2-4-18-12/h2-4,7,11,14,16H,5-6,8-9H2,1H3. The van der Waals surface area contributed by atoms with Crippen LogP contribution >= 0.6 is 11.3 Å². The van der Waals surface area contributed by atoms with E-state index in [0.717, 1.165) is 17.3 Å². The fraction of sp³-hybridized carbons (Fsp3) is 0.462. The molecule has 1 unspecified atom stereocenters. The first-order valence-electron chi connectivity index (χ1n) is 6.14. The maximum absolute atomic E-state index is 9.73.